The van der Waals surface area contributed by atoms with Crippen LogP contribution in [0.2, 0.25) is 0 Å². The van der Waals surface area contributed by atoms with E-state index in [2.05, 4.69) is 20.1 Å². The summed E-state index contributed by atoms with van der Waals surface area (Å²) in [6.07, 6.45) is 3.38. The zero-order chi connectivity index (χ0) is 25.6. The molecule has 0 atom stereocenters. The highest BCUT2D eigenvalue weighted by Gasteiger charge is 2.28. The zero-order valence-electron chi connectivity index (χ0n) is 19.1. The average molecular weight is 496 g/mol. The number of para-hydroxylation sites is 1. The number of carbonyl (C=O) groups excluding carboxylic acids is 1. The molecule has 0 aliphatic rings. The van der Waals surface area contributed by atoms with Gasteiger partial charge in [-0.1, -0.05) is 12.1 Å². The first-order chi connectivity index (χ1) is 17.1. The first kappa shape index (κ1) is 23.2. The summed E-state index contributed by atoms with van der Waals surface area (Å²) >= 11 is 0. The Balaban J connectivity index is 1.56. The number of imidazole rings is 1. The van der Waals surface area contributed by atoms with Gasteiger partial charge < -0.3 is 5.32 Å². The number of hydrogen-bond acceptors (Lipinski definition) is 6. The minimum absolute atomic E-state index is 0.337. The fourth-order valence-corrected chi connectivity index (χ4v) is 4.08. The van der Waals surface area contributed by atoms with Crippen molar-refractivity contribution in [1.29, 1.82) is 0 Å². The van der Waals surface area contributed by atoms with E-state index in [0.29, 0.717) is 28.1 Å². The van der Waals surface area contributed by atoms with Gasteiger partial charge >= 0.3 is 11.9 Å². The number of fused-ring (bicyclic) bond motifs is 2. The summed E-state index contributed by atoms with van der Waals surface area (Å²) in [6.45, 7) is -0.266. The Kier molecular flexibility index (Phi) is 5.54. The van der Waals surface area contributed by atoms with E-state index in [-0.39, 0.29) is 0 Å². The molecule has 0 saturated carbocycles. The largest absolute Gasteiger partial charge is 0.405 e. The van der Waals surface area contributed by atoms with E-state index in [1.165, 1.54) is 17.0 Å². The number of aryl methyl sites for hydroxylation is 2. The Labute approximate surface area is 201 Å². The molecule has 1 N–H and O–H groups in total. The summed E-state index contributed by atoms with van der Waals surface area (Å²) in [6, 6.07) is 5.12. The molecule has 4 heterocycles. The van der Waals surface area contributed by atoms with Crippen LogP contribution < -0.4 is 11.0 Å². The summed E-state index contributed by atoms with van der Waals surface area (Å²) in [7, 11) is 1.80. The molecular formula is C23H19F3N8O2. The number of pyridine rings is 1. The third kappa shape index (κ3) is 4.08. The lowest BCUT2D eigenvalue weighted by atomic mass is 10.2. The molecule has 0 aliphatic carbocycles. The minimum atomic E-state index is -4.56. The van der Waals surface area contributed by atoms with E-state index in [0.717, 1.165) is 21.0 Å². The molecule has 184 valence electrons. The van der Waals surface area contributed by atoms with E-state index in [9.17, 15) is 22.8 Å². The van der Waals surface area contributed by atoms with E-state index < -0.39 is 30.9 Å². The van der Waals surface area contributed by atoms with E-state index in [1.54, 1.807) is 60.8 Å². The molecule has 13 heteroatoms. The second kappa shape index (κ2) is 8.59. The van der Waals surface area contributed by atoms with Gasteiger partial charge in [0.15, 0.2) is 5.82 Å². The number of hydrogen-bond donors (Lipinski definition) is 1. The molecule has 0 bridgehead atoms. The molecule has 1 amide bonds. The predicted octanol–water partition coefficient (Wildman–Crippen LogP) is 2.52. The molecule has 5 rings (SSSR count). The van der Waals surface area contributed by atoms with Gasteiger partial charge in [-0.05, 0) is 18.6 Å². The van der Waals surface area contributed by atoms with Crippen LogP contribution in [0.4, 0.5) is 13.2 Å². The third-order valence-corrected chi connectivity index (χ3v) is 5.75. The normalized spacial score (nSPS) is 11.9. The second-order valence-electron chi connectivity index (χ2n) is 8.19. The van der Waals surface area contributed by atoms with Crippen molar-refractivity contribution in [3.05, 3.63) is 65.2 Å². The Morgan fingerprint density at radius 3 is 2.53 bits per heavy atom. The van der Waals surface area contributed by atoms with Crippen LogP contribution in [0.1, 0.15) is 5.56 Å². The van der Waals surface area contributed by atoms with Crippen LogP contribution in [0, 0.1) is 6.92 Å². The molecule has 0 saturated heterocycles. The van der Waals surface area contributed by atoms with Gasteiger partial charge in [-0.25, -0.2) is 14.8 Å². The van der Waals surface area contributed by atoms with Crippen LogP contribution in [-0.2, 0) is 18.4 Å². The molecule has 4 aromatic heterocycles. The van der Waals surface area contributed by atoms with Crippen LogP contribution in [0.5, 0.6) is 0 Å². The lowest BCUT2D eigenvalue weighted by molar-refractivity contribution is -0.138. The summed E-state index contributed by atoms with van der Waals surface area (Å²) in [5.74, 6) is -0.552. The summed E-state index contributed by atoms with van der Waals surface area (Å²) in [5.41, 5.74) is 2.83. The standard InChI is InChI=1S/C23H19F3N8O2/c1-13-4-3-5-17-20(13)34(22(36)33(17)11-19(35)30-12-23(24,25)26)14-6-28-21(29-7-14)16-8-27-10-18-15(16)9-31-32(18)2/h3-10H,11-12H2,1-2H3,(H,30,35). The van der Waals surface area contributed by atoms with Gasteiger partial charge in [-0.2, -0.15) is 18.3 Å². The molecule has 36 heavy (non-hydrogen) atoms. The van der Waals surface area contributed by atoms with Crippen molar-refractivity contribution in [3.8, 4) is 17.1 Å². The van der Waals surface area contributed by atoms with E-state index >= 15 is 0 Å². The number of halogens is 3. The van der Waals surface area contributed by atoms with Gasteiger partial charge in [0.25, 0.3) is 0 Å². The summed E-state index contributed by atoms with van der Waals surface area (Å²) in [4.78, 5) is 38.6. The van der Waals surface area contributed by atoms with Crippen molar-refractivity contribution in [2.75, 3.05) is 6.54 Å². The Morgan fingerprint density at radius 2 is 1.81 bits per heavy atom. The fraction of sp³-hybridized carbons (Fsp3) is 0.217. The monoisotopic (exact) mass is 496 g/mol. The maximum Gasteiger partial charge on any atom is 0.405 e. The smallest absolute Gasteiger partial charge is 0.345 e. The highest BCUT2D eigenvalue weighted by atomic mass is 19.4. The lowest BCUT2D eigenvalue weighted by Gasteiger charge is -2.08. The second-order valence-corrected chi connectivity index (χ2v) is 8.19. The Hall–Kier alpha value is -4.55. The van der Waals surface area contributed by atoms with Crippen LogP contribution in [0.3, 0.4) is 0 Å². The van der Waals surface area contributed by atoms with E-state index in [1.807, 2.05) is 0 Å². The van der Waals surface area contributed by atoms with Crippen molar-refractivity contribution in [1.82, 2.24) is 39.2 Å². The van der Waals surface area contributed by atoms with Crippen LogP contribution in [0.15, 0.2) is 54.0 Å². The highest BCUT2D eigenvalue weighted by molar-refractivity contribution is 5.91. The molecular weight excluding hydrogens is 477 g/mol. The van der Waals surface area contributed by atoms with Crippen LogP contribution in [-0.4, -0.2) is 52.5 Å². The van der Waals surface area contributed by atoms with Gasteiger partial charge in [0.1, 0.15) is 13.1 Å². The minimum Gasteiger partial charge on any atom is -0.345 e. The zero-order valence-corrected chi connectivity index (χ0v) is 19.1. The molecule has 0 aliphatic heterocycles. The number of nitrogens with zero attached hydrogens (tertiary/aromatic N) is 7. The first-order valence-corrected chi connectivity index (χ1v) is 10.8. The van der Waals surface area contributed by atoms with Crippen molar-refractivity contribution in [2.45, 2.75) is 19.6 Å². The molecule has 0 radical (unpaired) electrons. The van der Waals surface area contributed by atoms with E-state index in [4.69, 9.17) is 0 Å². The maximum atomic E-state index is 13.4. The Morgan fingerprint density at radius 1 is 1.06 bits per heavy atom. The Bertz CT molecular complexity index is 1670. The number of alkyl halides is 3. The molecule has 0 spiro atoms. The van der Waals surface area contributed by atoms with Crippen LogP contribution in [0.25, 0.3) is 39.0 Å². The van der Waals surface area contributed by atoms with Gasteiger partial charge in [-0.3, -0.25) is 23.6 Å². The summed E-state index contributed by atoms with van der Waals surface area (Å²) < 4.78 is 41.6. The molecule has 5 aromatic rings. The van der Waals surface area contributed by atoms with Crippen LogP contribution >= 0.6 is 0 Å². The van der Waals surface area contributed by atoms with Crippen molar-refractivity contribution >= 4 is 27.8 Å². The predicted molar refractivity (Wildman–Crippen MR) is 124 cm³/mol. The quantitative estimate of drug-likeness (QED) is 0.400. The van der Waals surface area contributed by atoms with Crippen molar-refractivity contribution in [2.24, 2.45) is 7.05 Å². The molecule has 0 unspecified atom stereocenters. The van der Waals surface area contributed by atoms with Gasteiger partial charge in [-0.15, -0.1) is 0 Å². The summed E-state index contributed by atoms with van der Waals surface area (Å²) in [5, 5.41) is 6.85. The maximum absolute atomic E-state index is 13.4. The van der Waals surface area contributed by atoms with Gasteiger partial charge in [0.2, 0.25) is 5.91 Å². The number of aromatic nitrogens is 7. The molecule has 10 nitrogen and oxygen atoms in total. The average Bonchev–Trinajstić information content (AvgIpc) is 3.36. The van der Waals surface area contributed by atoms with Crippen molar-refractivity contribution in [3.63, 3.8) is 0 Å². The topological polar surface area (TPSA) is 113 Å². The van der Waals surface area contributed by atoms with Crippen molar-refractivity contribution < 1.29 is 18.0 Å². The van der Waals surface area contributed by atoms with Gasteiger partial charge in [0.05, 0.1) is 47.0 Å². The molecule has 1 aromatic carbocycles. The third-order valence-electron chi connectivity index (χ3n) is 5.75. The molecule has 0 fully saturated rings. The fourth-order valence-electron chi connectivity index (χ4n) is 4.08. The lowest BCUT2D eigenvalue weighted by Crippen LogP contribution is -2.37. The number of rotatable bonds is 5. The number of amides is 1. The number of carbonyl (C=O) groups is 1. The number of benzene rings is 1. The number of nitrogens with one attached hydrogen (secondary N) is 1. The first-order valence-electron chi connectivity index (χ1n) is 10.8. The highest BCUT2D eigenvalue weighted by Crippen LogP contribution is 2.26. The van der Waals surface area contributed by atoms with Gasteiger partial charge in [0, 0.05) is 24.2 Å². The SMILES string of the molecule is Cc1cccc2c1n(-c1cnc(-c3cncc4c3cnn4C)nc1)c(=O)n2CC(=O)NCC(F)(F)F.